The minimum absolute atomic E-state index is 0.210. The molecule has 0 atom stereocenters. The van der Waals surface area contributed by atoms with Crippen LogP contribution >= 0.6 is 0 Å². The van der Waals surface area contributed by atoms with Gasteiger partial charge >= 0.3 is 0 Å². The van der Waals surface area contributed by atoms with Crippen molar-refractivity contribution < 1.29 is 9.84 Å². The van der Waals surface area contributed by atoms with E-state index in [4.69, 9.17) is 4.74 Å². The zero-order chi connectivity index (χ0) is 8.55. The predicted molar refractivity (Wildman–Crippen MR) is 46.5 cm³/mol. The molecule has 0 aliphatic carbocycles. The first-order valence-electron chi connectivity index (χ1n) is 3.65. The second-order valence-electron chi connectivity index (χ2n) is 2.59. The van der Waals surface area contributed by atoms with Gasteiger partial charge in [0, 0.05) is 23.7 Å². The van der Waals surface area contributed by atoms with Crippen LogP contribution in [0.25, 0.3) is 10.9 Å². The topological polar surface area (TPSA) is 45.2 Å². The Labute approximate surface area is 69.6 Å². The molecule has 0 bridgehead atoms. The molecule has 1 aromatic heterocycles. The lowest BCUT2D eigenvalue weighted by Gasteiger charge is -2.01. The van der Waals surface area contributed by atoms with E-state index in [1.807, 2.05) is 12.3 Å². The monoisotopic (exact) mass is 163 g/mol. The highest BCUT2D eigenvalue weighted by Gasteiger charge is 2.03. The largest absolute Gasteiger partial charge is 0.508 e. The summed E-state index contributed by atoms with van der Waals surface area (Å²) in [6.07, 6.45) is 1.81. The third kappa shape index (κ3) is 0.906. The summed E-state index contributed by atoms with van der Waals surface area (Å²) < 4.78 is 5.09. The molecule has 0 saturated carbocycles. The second kappa shape index (κ2) is 2.44. The van der Waals surface area contributed by atoms with E-state index in [1.54, 1.807) is 19.2 Å². The Morgan fingerprint density at radius 1 is 1.42 bits per heavy atom. The molecular formula is C9H9NO2. The number of methoxy groups -OCH3 is 1. The molecule has 0 fully saturated rings. The molecule has 0 spiro atoms. The number of benzene rings is 1. The van der Waals surface area contributed by atoms with Crippen molar-refractivity contribution in [3.63, 3.8) is 0 Å². The number of phenols is 1. The first-order chi connectivity index (χ1) is 5.81. The van der Waals surface area contributed by atoms with E-state index in [9.17, 15) is 5.11 Å². The number of H-pyrrole nitrogens is 1. The van der Waals surface area contributed by atoms with Gasteiger partial charge in [0.05, 0.1) is 12.6 Å². The van der Waals surface area contributed by atoms with E-state index in [0.717, 1.165) is 10.9 Å². The van der Waals surface area contributed by atoms with Crippen LogP contribution in [-0.4, -0.2) is 17.2 Å². The summed E-state index contributed by atoms with van der Waals surface area (Å²) in [5, 5.41) is 10.2. The van der Waals surface area contributed by atoms with Crippen LogP contribution in [0.1, 0.15) is 0 Å². The maximum absolute atomic E-state index is 9.26. The Morgan fingerprint density at radius 2 is 2.25 bits per heavy atom. The lowest BCUT2D eigenvalue weighted by molar-refractivity contribution is 0.413. The van der Waals surface area contributed by atoms with Crippen LogP contribution in [0.2, 0.25) is 0 Å². The van der Waals surface area contributed by atoms with Crippen LogP contribution in [0.3, 0.4) is 0 Å². The number of hydrogen-bond donors (Lipinski definition) is 2. The summed E-state index contributed by atoms with van der Waals surface area (Å²) in [6, 6.07) is 5.17. The number of nitrogens with one attached hydrogen (secondary N) is 1. The van der Waals surface area contributed by atoms with Crippen molar-refractivity contribution >= 4 is 10.9 Å². The Bertz CT molecular complexity index is 406. The van der Waals surface area contributed by atoms with E-state index in [1.165, 1.54) is 0 Å². The molecular weight excluding hydrogens is 154 g/mol. The van der Waals surface area contributed by atoms with Gasteiger partial charge in [-0.1, -0.05) is 0 Å². The van der Waals surface area contributed by atoms with Gasteiger partial charge in [-0.2, -0.15) is 0 Å². The number of hydrogen-bond acceptors (Lipinski definition) is 2. The highest BCUT2D eigenvalue weighted by atomic mass is 16.5. The third-order valence-corrected chi connectivity index (χ3v) is 1.84. The predicted octanol–water partition coefficient (Wildman–Crippen LogP) is 1.88. The summed E-state index contributed by atoms with van der Waals surface area (Å²) in [6.45, 7) is 0. The Hall–Kier alpha value is -1.64. The van der Waals surface area contributed by atoms with Gasteiger partial charge in [-0.3, -0.25) is 0 Å². The minimum Gasteiger partial charge on any atom is -0.508 e. The number of aromatic nitrogens is 1. The molecule has 0 aliphatic heterocycles. The molecule has 0 amide bonds. The van der Waals surface area contributed by atoms with Crippen LogP contribution in [0.15, 0.2) is 24.4 Å². The van der Waals surface area contributed by atoms with Gasteiger partial charge in [-0.25, -0.2) is 0 Å². The zero-order valence-electron chi connectivity index (χ0n) is 6.66. The number of ether oxygens (including phenoxy) is 1. The van der Waals surface area contributed by atoms with E-state index in [2.05, 4.69) is 4.98 Å². The quantitative estimate of drug-likeness (QED) is 0.674. The molecule has 1 aromatic carbocycles. The average molecular weight is 163 g/mol. The third-order valence-electron chi connectivity index (χ3n) is 1.84. The summed E-state index contributed by atoms with van der Waals surface area (Å²) >= 11 is 0. The molecule has 2 aromatic rings. The molecule has 12 heavy (non-hydrogen) atoms. The van der Waals surface area contributed by atoms with Crippen molar-refractivity contribution in [1.29, 1.82) is 0 Å². The van der Waals surface area contributed by atoms with Gasteiger partial charge in [0.1, 0.15) is 11.5 Å². The van der Waals surface area contributed by atoms with Gasteiger partial charge < -0.3 is 14.8 Å². The number of rotatable bonds is 1. The lowest BCUT2D eigenvalue weighted by Crippen LogP contribution is -1.82. The summed E-state index contributed by atoms with van der Waals surface area (Å²) in [4.78, 5) is 3.00. The molecule has 3 heteroatoms. The molecule has 1 heterocycles. The van der Waals surface area contributed by atoms with Gasteiger partial charge in [0.2, 0.25) is 0 Å². The van der Waals surface area contributed by atoms with Crippen LogP contribution < -0.4 is 4.74 Å². The normalized spacial score (nSPS) is 10.4. The fourth-order valence-corrected chi connectivity index (χ4v) is 1.29. The van der Waals surface area contributed by atoms with Crippen molar-refractivity contribution in [1.82, 2.24) is 4.98 Å². The molecule has 62 valence electrons. The molecule has 2 rings (SSSR count). The number of phenolic OH excluding ortho intramolecular Hbond substituents is 1. The molecule has 0 saturated heterocycles. The van der Waals surface area contributed by atoms with Crippen molar-refractivity contribution in [2.75, 3.05) is 7.11 Å². The summed E-state index contributed by atoms with van der Waals surface area (Å²) in [5.41, 5.74) is 0.881. The Balaban J connectivity index is 2.80. The van der Waals surface area contributed by atoms with Gasteiger partial charge in [-0.05, 0) is 6.07 Å². The number of aromatic hydroxyl groups is 1. The van der Waals surface area contributed by atoms with Gasteiger partial charge in [0.15, 0.2) is 0 Å². The van der Waals surface area contributed by atoms with Gasteiger partial charge in [-0.15, -0.1) is 0 Å². The fraction of sp³-hybridized carbons (Fsp3) is 0.111. The summed E-state index contributed by atoms with van der Waals surface area (Å²) in [5.74, 6) is 0.896. The van der Waals surface area contributed by atoms with E-state index >= 15 is 0 Å². The maximum Gasteiger partial charge on any atom is 0.131 e. The molecule has 3 nitrogen and oxygen atoms in total. The van der Waals surface area contributed by atoms with Crippen molar-refractivity contribution in [2.45, 2.75) is 0 Å². The van der Waals surface area contributed by atoms with Crippen LogP contribution in [0, 0.1) is 0 Å². The zero-order valence-corrected chi connectivity index (χ0v) is 6.66. The SMILES string of the molecule is COc1cc(O)cc2[nH]ccc12. The average Bonchev–Trinajstić information content (AvgIpc) is 2.50. The van der Waals surface area contributed by atoms with Crippen LogP contribution in [0.4, 0.5) is 0 Å². The first kappa shape index (κ1) is 7.03. The second-order valence-corrected chi connectivity index (χ2v) is 2.59. The Morgan fingerprint density at radius 3 is 3.00 bits per heavy atom. The minimum atomic E-state index is 0.210. The highest BCUT2D eigenvalue weighted by molar-refractivity contribution is 5.87. The molecule has 2 N–H and O–H groups in total. The van der Waals surface area contributed by atoms with Gasteiger partial charge in [0.25, 0.3) is 0 Å². The van der Waals surface area contributed by atoms with E-state index < -0.39 is 0 Å². The smallest absolute Gasteiger partial charge is 0.131 e. The summed E-state index contributed by atoms with van der Waals surface area (Å²) in [7, 11) is 1.58. The first-order valence-corrected chi connectivity index (χ1v) is 3.65. The van der Waals surface area contributed by atoms with Crippen LogP contribution in [0.5, 0.6) is 11.5 Å². The molecule has 0 aliphatic rings. The van der Waals surface area contributed by atoms with Crippen LogP contribution in [-0.2, 0) is 0 Å². The fourth-order valence-electron chi connectivity index (χ4n) is 1.29. The van der Waals surface area contributed by atoms with Crippen molar-refractivity contribution in [3.8, 4) is 11.5 Å². The van der Waals surface area contributed by atoms with Crippen molar-refractivity contribution in [3.05, 3.63) is 24.4 Å². The molecule has 0 radical (unpaired) electrons. The standard InChI is InChI=1S/C9H9NO2/c1-12-9-5-6(11)4-8-7(9)2-3-10-8/h2-5,10-11H,1H3. The van der Waals surface area contributed by atoms with Crippen molar-refractivity contribution in [2.24, 2.45) is 0 Å². The lowest BCUT2D eigenvalue weighted by atomic mass is 10.2. The molecule has 0 unspecified atom stereocenters. The number of aromatic amines is 1. The number of fused-ring (bicyclic) bond motifs is 1. The van der Waals surface area contributed by atoms with E-state index in [-0.39, 0.29) is 5.75 Å². The van der Waals surface area contributed by atoms with E-state index in [0.29, 0.717) is 5.75 Å². The Kier molecular flexibility index (Phi) is 1.43. The highest BCUT2D eigenvalue weighted by Crippen LogP contribution is 2.29. The maximum atomic E-state index is 9.26.